The molecule has 0 bridgehead atoms. The number of alkyl halides is 3. The quantitative estimate of drug-likeness (QED) is 0.228. The normalized spacial score (nSPS) is 16.4. The third-order valence-corrected chi connectivity index (χ3v) is 9.88. The van der Waals surface area contributed by atoms with Gasteiger partial charge >= 0.3 is 6.18 Å². The van der Waals surface area contributed by atoms with Gasteiger partial charge in [-0.2, -0.15) is 13.2 Å². The largest absolute Gasteiger partial charge is 0.407 e. The Kier molecular flexibility index (Phi) is 10.5. The average Bonchev–Trinajstić information content (AvgIpc) is 3.72. The zero-order chi connectivity index (χ0) is 31.5. The maximum atomic E-state index is 14.2. The first-order chi connectivity index (χ1) is 19.4. The van der Waals surface area contributed by atoms with Crippen LogP contribution < -0.4 is 5.32 Å². The summed E-state index contributed by atoms with van der Waals surface area (Å²) in [4.78, 5) is 37.7. The van der Waals surface area contributed by atoms with E-state index < -0.39 is 89.7 Å². The molecule has 2 aromatic carbocycles. The van der Waals surface area contributed by atoms with Crippen molar-refractivity contribution >= 4 is 37.0 Å². The first kappa shape index (κ1) is 33.5. The molecule has 1 aliphatic rings. The number of hydrogen-bond acceptors (Lipinski definition) is 8. The SMILES string of the molecule is CC[C@H](CC(=O)[C@H](CS(=O)(=O)c1cccc(S(C)(=O)=O)c1)N[C@@H](c1ccc(F)cc1)C(F)(F)F)C(=O)C(=O)CC1CC1. The van der Waals surface area contributed by atoms with Crippen molar-refractivity contribution in [2.75, 3.05) is 12.0 Å². The molecule has 8 nitrogen and oxygen atoms in total. The van der Waals surface area contributed by atoms with Gasteiger partial charge in [0.05, 0.1) is 21.6 Å². The summed E-state index contributed by atoms with van der Waals surface area (Å²) >= 11 is 0. The van der Waals surface area contributed by atoms with Crippen LogP contribution in [-0.4, -0.2) is 58.4 Å². The lowest BCUT2D eigenvalue weighted by molar-refractivity contribution is -0.160. The van der Waals surface area contributed by atoms with Crippen molar-refractivity contribution in [1.82, 2.24) is 5.32 Å². The molecule has 2 aromatic rings. The van der Waals surface area contributed by atoms with E-state index in [1.807, 2.05) is 5.32 Å². The summed E-state index contributed by atoms with van der Waals surface area (Å²) in [5.41, 5.74) is -0.499. The Morgan fingerprint density at radius 2 is 1.57 bits per heavy atom. The highest BCUT2D eigenvalue weighted by atomic mass is 32.2. The highest BCUT2D eigenvalue weighted by Gasteiger charge is 2.44. The van der Waals surface area contributed by atoms with Crippen LogP contribution in [0, 0.1) is 17.7 Å². The Hall–Kier alpha value is -2.97. The standard InChI is InChI=1S/C28H31F4NO7S2/c1-3-18(26(36)25(35)13-17-7-8-17)14-24(34)23(33-27(28(30,31)32)19-9-11-20(29)12-10-19)16-42(39,40)22-6-4-5-21(15-22)41(2,37)38/h4-6,9-12,15,17-18,23,27,33H,3,7-8,13-14,16H2,1-2H3/t18-,23+,27+/m1/s1. The molecule has 0 spiro atoms. The van der Waals surface area contributed by atoms with Gasteiger partial charge < -0.3 is 0 Å². The van der Waals surface area contributed by atoms with E-state index in [-0.39, 0.29) is 23.7 Å². The maximum Gasteiger partial charge on any atom is 0.407 e. The Bertz CT molecular complexity index is 1530. The Balaban J connectivity index is 1.98. The number of carbonyl (C=O) groups excluding carboxylic acids is 3. The van der Waals surface area contributed by atoms with Crippen molar-refractivity contribution in [3.63, 3.8) is 0 Å². The van der Waals surface area contributed by atoms with Crippen molar-refractivity contribution in [1.29, 1.82) is 0 Å². The second-order valence-corrected chi connectivity index (χ2v) is 14.5. The van der Waals surface area contributed by atoms with Crippen LogP contribution in [0.2, 0.25) is 0 Å². The minimum atomic E-state index is -5.06. The number of carbonyl (C=O) groups is 3. The fraction of sp³-hybridized carbons (Fsp3) is 0.464. The fourth-order valence-electron chi connectivity index (χ4n) is 4.40. The summed E-state index contributed by atoms with van der Waals surface area (Å²) in [6.07, 6.45) is -3.31. The molecular weight excluding hydrogens is 602 g/mol. The number of halogens is 4. The zero-order valence-corrected chi connectivity index (χ0v) is 24.5. The van der Waals surface area contributed by atoms with Gasteiger partial charge in [-0.15, -0.1) is 0 Å². The molecule has 0 radical (unpaired) electrons. The molecule has 1 N–H and O–H groups in total. The van der Waals surface area contributed by atoms with Crippen LogP contribution in [0.25, 0.3) is 0 Å². The monoisotopic (exact) mass is 633 g/mol. The van der Waals surface area contributed by atoms with Gasteiger partial charge in [0.25, 0.3) is 0 Å². The van der Waals surface area contributed by atoms with Crippen molar-refractivity contribution in [3.8, 4) is 0 Å². The molecule has 0 saturated heterocycles. The second kappa shape index (κ2) is 13.1. The van der Waals surface area contributed by atoms with Gasteiger partial charge in [-0.3, -0.25) is 19.7 Å². The molecule has 42 heavy (non-hydrogen) atoms. The van der Waals surface area contributed by atoms with Gasteiger partial charge in [-0.05, 0) is 61.1 Å². The number of hydrogen-bond donors (Lipinski definition) is 1. The molecule has 3 rings (SSSR count). The lowest BCUT2D eigenvalue weighted by Gasteiger charge is -2.28. The summed E-state index contributed by atoms with van der Waals surface area (Å²) < 4.78 is 107. The van der Waals surface area contributed by atoms with E-state index in [2.05, 4.69) is 0 Å². The Morgan fingerprint density at radius 1 is 0.976 bits per heavy atom. The summed E-state index contributed by atoms with van der Waals surface area (Å²) in [6, 6.07) is 2.74. The zero-order valence-electron chi connectivity index (χ0n) is 22.9. The molecule has 1 aliphatic carbocycles. The Morgan fingerprint density at radius 3 is 2.10 bits per heavy atom. The smallest absolute Gasteiger partial charge is 0.298 e. The number of Topliss-reactive ketones (excluding diaryl/α,β-unsaturated/α-hetero) is 3. The molecule has 1 saturated carbocycles. The van der Waals surface area contributed by atoms with Gasteiger partial charge in [0.2, 0.25) is 5.78 Å². The van der Waals surface area contributed by atoms with Gasteiger partial charge in [0.15, 0.2) is 31.2 Å². The van der Waals surface area contributed by atoms with Crippen LogP contribution in [0.4, 0.5) is 17.6 Å². The van der Waals surface area contributed by atoms with Gasteiger partial charge in [0, 0.05) is 25.0 Å². The third-order valence-electron chi connectivity index (χ3n) is 7.02. The molecule has 1 fully saturated rings. The molecule has 0 aliphatic heterocycles. The second-order valence-electron chi connectivity index (χ2n) is 10.5. The van der Waals surface area contributed by atoms with Crippen molar-refractivity contribution in [3.05, 3.63) is 59.9 Å². The van der Waals surface area contributed by atoms with Crippen LogP contribution in [0.15, 0.2) is 58.3 Å². The van der Waals surface area contributed by atoms with Gasteiger partial charge in [-0.1, -0.05) is 25.1 Å². The van der Waals surface area contributed by atoms with E-state index in [9.17, 15) is 48.8 Å². The molecule has 14 heteroatoms. The molecule has 0 aromatic heterocycles. The highest BCUT2D eigenvalue weighted by Crippen LogP contribution is 2.35. The van der Waals surface area contributed by atoms with Crippen LogP contribution in [0.1, 0.15) is 50.6 Å². The van der Waals surface area contributed by atoms with Crippen LogP contribution in [0.5, 0.6) is 0 Å². The van der Waals surface area contributed by atoms with Crippen LogP contribution in [0.3, 0.4) is 0 Å². The summed E-state index contributed by atoms with van der Waals surface area (Å²) in [5.74, 6) is -5.71. The summed E-state index contributed by atoms with van der Waals surface area (Å²) in [5, 5.41) is 2.05. The molecule has 0 amide bonds. The number of ketones is 3. The van der Waals surface area contributed by atoms with Crippen molar-refractivity contribution in [2.24, 2.45) is 11.8 Å². The van der Waals surface area contributed by atoms with E-state index in [1.165, 1.54) is 6.92 Å². The van der Waals surface area contributed by atoms with Gasteiger partial charge in [0.1, 0.15) is 11.9 Å². The first-order valence-corrected chi connectivity index (χ1v) is 16.7. The van der Waals surface area contributed by atoms with Gasteiger partial charge in [-0.25, -0.2) is 21.2 Å². The van der Waals surface area contributed by atoms with E-state index in [0.717, 1.165) is 67.6 Å². The van der Waals surface area contributed by atoms with Crippen molar-refractivity contribution in [2.45, 2.75) is 67.1 Å². The van der Waals surface area contributed by atoms with Crippen LogP contribution in [-0.2, 0) is 34.1 Å². The van der Waals surface area contributed by atoms with Crippen molar-refractivity contribution < 1.29 is 48.8 Å². The predicted octanol–water partition coefficient (Wildman–Crippen LogP) is 4.19. The lowest BCUT2D eigenvalue weighted by Crippen LogP contribution is -2.49. The molecule has 3 atom stereocenters. The minimum Gasteiger partial charge on any atom is -0.298 e. The number of nitrogens with one attached hydrogen (secondary N) is 1. The Labute approximate surface area is 241 Å². The van der Waals surface area contributed by atoms with E-state index >= 15 is 0 Å². The lowest BCUT2D eigenvalue weighted by atomic mass is 9.89. The van der Waals surface area contributed by atoms with Crippen LogP contribution >= 0.6 is 0 Å². The average molecular weight is 634 g/mol. The third kappa shape index (κ3) is 9.01. The first-order valence-electron chi connectivity index (χ1n) is 13.1. The van der Waals surface area contributed by atoms with E-state index in [1.54, 1.807) is 0 Å². The molecule has 0 unspecified atom stereocenters. The maximum absolute atomic E-state index is 14.2. The summed E-state index contributed by atoms with van der Waals surface area (Å²) in [6.45, 7) is 1.52. The molecule has 230 valence electrons. The highest BCUT2D eigenvalue weighted by molar-refractivity contribution is 7.92. The number of sulfone groups is 2. The molecule has 0 heterocycles. The topological polar surface area (TPSA) is 132 Å². The predicted molar refractivity (Wildman–Crippen MR) is 144 cm³/mol. The molecular formula is C28H31F4NO7S2. The minimum absolute atomic E-state index is 0.0109. The number of benzene rings is 2. The van der Waals surface area contributed by atoms with E-state index in [0.29, 0.717) is 0 Å². The summed E-state index contributed by atoms with van der Waals surface area (Å²) in [7, 11) is -8.43. The number of rotatable bonds is 15. The van der Waals surface area contributed by atoms with E-state index in [4.69, 9.17) is 0 Å². The fourth-order valence-corrected chi connectivity index (χ4v) is 6.65.